The molecule has 0 radical (unpaired) electrons. The van der Waals surface area contributed by atoms with E-state index >= 15 is 0 Å². The molecular formula is C23H31F4N3O. The molecular weight excluding hydrogens is 410 g/mol. The molecule has 0 aromatic heterocycles. The van der Waals surface area contributed by atoms with E-state index in [0.717, 1.165) is 64.0 Å². The summed E-state index contributed by atoms with van der Waals surface area (Å²) in [5, 5.41) is 3.14. The lowest BCUT2D eigenvalue weighted by atomic mass is 9.85. The second-order valence-corrected chi connectivity index (χ2v) is 9.18. The van der Waals surface area contributed by atoms with E-state index in [9.17, 15) is 22.4 Å². The van der Waals surface area contributed by atoms with Crippen LogP contribution >= 0.6 is 0 Å². The molecule has 0 unspecified atom stereocenters. The molecule has 0 bridgehead atoms. The van der Waals surface area contributed by atoms with Crippen molar-refractivity contribution >= 4 is 11.6 Å². The number of hydrogen-bond donors (Lipinski definition) is 1. The SMILES string of the molecule is O=C(C1CCC(Nc2ccc(C(F)(F)F)c(F)c2)CC1)N1CCN(C2CCCC2)CC1. The van der Waals surface area contributed by atoms with Gasteiger partial charge in [0.1, 0.15) is 5.82 Å². The third-order valence-corrected chi connectivity index (χ3v) is 7.19. The van der Waals surface area contributed by atoms with Crippen LogP contribution in [0.15, 0.2) is 18.2 Å². The lowest BCUT2D eigenvalue weighted by Gasteiger charge is -2.40. The number of rotatable bonds is 4. The second kappa shape index (κ2) is 9.35. The van der Waals surface area contributed by atoms with Crippen LogP contribution in [0.3, 0.4) is 0 Å². The molecule has 0 spiro atoms. The molecule has 172 valence electrons. The van der Waals surface area contributed by atoms with Gasteiger partial charge in [0.2, 0.25) is 5.91 Å². The van der Waals surface area contributed by atoms with Crippen LogP contribution in [0, 0.1) is 11.7 Å². The summed E-state index contributed by atoms with van der Waals surface area (Å²) in [5.41, 5.74) is -0.899. The zero-order chi connectivity index (χ0) is 22.0. The molecule has 1 amide bonds. The Morgan fingerprint density at radius 3 is 2.16 bits per heavy atom. The third kappa shape index (κ3) is 5.33. The molecule has 3 aliphatic rings. The van der Waals surface area contributed by atoms with Gasteiger partial charge in [0.15, 0.2) is 0 Å². The number of piperazine rings is 1. The Balaban J connectivity index is 1.23. The first-order valence-corrected chi connectivity index (χ1v) is 11.5. The molecule has 1 N–H and O–H groups in total. The lowest BCUT2D eigenvalue weighted by molar-refractivity contribution is -0.140. The molecule has 2 saturated carbocycles. The predicted octanol–water partition coefficient (Wildman–Crippen LogP) is 4.90. The standard InChI is InChI=1S/C23H31F4N3O/c24-21-15-18(9-10-20(21)23(25,26)27)28-17-7-5-16(6-8-17)22(31)30-13-11-29(12-14-30)19-3-1-2-4-19/h9-10,15-17,19,28H,1-8,11-14H2. The lowest BCUT2D eigenvalue weighted by Crippen LogP contribution is -2.53. The summed E-state index contributed by atoms with van der Waals surface area (Å²) in [4.78, 5) is 17.5. The van der Waals surface area contributed by atoms with E-state index in [1.807, 2.05) is 4.90 Å². The first-order valence-electron chi connectivity index (χ1n) is 11.5. The zero-order valence-electron chi connectivity index (χ0n) is 17.8. The number of carbonyl (C=O) groups excluding carboxylic acids is 1. The first kappa shape index (κ1) is 22.4. The van der Waals surface area contributed by atoms with Crippen molar-refractivity contribution in [3.63, 3.8) is 0 Å². The highest BCUT2D eigenvalue weighted by molar-refractivity contribution is 5.79. The van der Waals surface area contributed by atoms with Gasteiger partial charge < -0.3 is 10.2 Å². The van der Waals surface area contributed by atoms with Crippen LogP contribution in [0.4, 0.5) is 23.2 Å². The number of anilines is 1. The van der Waals surface area contributed by atoms with Crippen LogP contribution in [-0.4, -0.2) is 54.0 Å². The Morgan fingerprint density at radius 2 is 1.58 bits per heavy atom. The van der Waals surface area contributed by atoms with Crippen LogP contribution < -0.4 is 5.32 Å². The van der Waals surface area contributed by atoms with E-state index in [1.165, 1.54) is 31.7 Å². The normalized spacial score (nSPS) is 26.3. The topological polar surface area (TPSA) is 35.6 Å². The number of nitrogens with zero attached hydrogens (tertiary/aromatic N) is 2. The van der Waals surface area contributed by atoms with Gasteiger partial charge in [-0.25, -0.2) is 4.39 Å². The fourth-order valence-electron chi connectivity index (χ4n) is 5.39. The van der Waals surface area contributed by atoms with Gasteiger partial charge >= 0.3 is 6.18 Å². The Bertz CT molecular complexity index is 763. The number of carbonyl (C=O) groups is 1. The highest BCUT2D eigenvalue weighted by Crippen LogP contribution is 2.34. The molecule has 4 nitrogen and oxygen atoms in total. The van der Waals surface area contributed by atoms with Gasteiger partial charge in [-0.05, 0) is 56.7 Å². The van der Waals surface area contributed by atoms with Gasteiger partial charge in [-0.2, -0.15) is 13.2 Å². The van der Waals surface area contributed by atoms with Gasteiger partial charge in [0, 0.05) is 49.9 Å². The fourth-order valence-corrected chi connectivity index (χ4v) is 5.39. The minimum Gasteiger partial charge on any atom is -0.382 e. The molecule has 8 heteroatoms. The highest BCUT2D eigenvalue weighted by Gasteiger charge is 2.35. The van der Waals surface area contributed by atoms with Crippen LogP contribution in [0.25, 0.3) is 0 Å². The van der Waals surface area contributed by atoms with Crippen molar-refractivity contribution in [2.24, 2.45) is 5.92 Å². The summed E-state index contributed by atoms with van der Waals surface area (Å²) in [7, 11) is 0. The Kier molecular flexibility index (Phi) is 6.74. The van der Waals surface area contributed by atoms with Crippen molar-refractivity contribution in [2.75, 3.05) is 31.5 Å². The van der Waals surface area contributed by atoms with E-state index in [-0.39, 0.29) is 17.9 Å². The van der Waals surface area contributed by atoms with Gasteiger partial charge in [0.25, 0.3) is 0 Å². The smallest absolute Gasteiger partial charge is 0.382 e. The van der Waals surface area contributed by atoms with Crippen LogP contribution in [0.2, 0.25) is 0 Å². The van der Waals surface area contributed by atoms with Crippen LogP contribution in [-0.2, 0) is 11.0 Å². The van der Waals surface area contributed by atoms with E-state index < -0.39 is 17.6 Å². The molecule has 3 fully saturated rings. The minimum atomic E-state index is -4.69. The van der Waals surface area contributed by atoms with E-state index in [0.29, 0.717) is 11.7 Å². The second-order valence-electron chi connectivity index (χ2n) is 9.18. The maximum atomic E-state index is 13.8. The molecule has 2 aliphatic carbocycles. The first-order chi connectivity index (χ1) is 14.8. The van der Waals surface area contributed by atoms with Crippen molar-refractivity contribution < 1.29 is 22.4 Å². The summed E-state index contributed by atoms with van der Waals surface area (Å²) in [6.45, 7) is 3.54. The largest absolute Gasteiger partial charge is 0.419 e. The quantitative estimate of drug-likeness (QED) is 0.675. The van der Waals surface area contributed by atoms with E-state index in [2.05, 4.69) is 10.2 Å². The molecule has 4 rings (SSSR count). The Labute approximate surface area is 181 Å². The van der Waals surface area contributed by atoms with Crippen molar-refractivity contribution in [1.82, 2.24) is 9.80 Å². The molecule has 1 aromatic carbocycles. The van der Waals surface area contributed by atoms with Crippen molar-refractivity contribution in [3.8, 4) is 0 Å². The number of alkyl halides is 3. The van der Waals surface area contributed by atoms with Crippen molar-refractivity contribution in [2.45, 2.75) is 69.6 Å². The minimum absolute atomic E-state index is 0.0143. The summed E-state index contributed by atoms with van der Waals surface area (Å²) in [5.74, 6) is -1.01. The maximum Gasteiger partial charge on any atom is 0.419 e. The number of amides is 1. The van der Waals surface area contributed by atoms with Crippen LogP contribution in [0.5, 0.6) is 0 Å². The number of hydrogen-bond acceptors (Lipinski definition) is 3. The summed E-state index contributed by atoms with van der Waals surface area (Å²) < 4.78 is 51.9. The predicted molar refractivity (Wildman–Crippen MR) is 111 cm³/mol. The molecule has 31 heavy (non-hydrogen) atoms. The summed E-state index contributed by atoms with van der Waals surface area (Å²) >= 11 is 0. The Hall–Kier alpha value is -1.83. The molecule has 1 heterocycles. The molecule has 1 aliphatic heterocycles. The average Bonchev–Trinajstić information content (AvgIpc) is 3.28. The number of benzene rings is 1. The summed E-state index contributed by atoms with van der Waals surface area (Å²) in [6, 6.07) is 3.70. The zero-order valence-corrected chi connectivity index (χ0v) is 17.8. The average molecular weight is 442 g/mol. The molecule has 0 atom stereocenters. The number of nitrogens with one attached hydrogen (secondary N) is 1. The van der Waals surface area contributed by atoms with Gasteiger partial charge in [-0.3, -0.25) is 9.69 Å². The summed E-state index contributed by atoms with van der Waals surface area (Å²) in [6.07, 6.45) is 3.53. The van der Waals surface area contributed by atoms with Crippen molar-refractivity contribution in [3.05, 3.63) is 29.6 Å². The fraction of sp³-hybridized carbons (Fsp3) is 0.696. The van der Waals surface area contributed by atoms with Gasteiger partial charge in [-0.1, -0.05) is 12.8 Å². The third-order valence-electron chi connectivity index (χ3n) is 7.19. The van der Waals surface area contributed by atoms with Gasteiger partial charge in [0.05, 0.1) is 5.56 Å². The monoisotopic (exact) mass is 441 g/mol. The van der Waals surface area contributed by atoms with E-state index in [1.54, 1.807) is 0 Å². The molecule has 1 aromatic rings. The van der Waals surface area contributed by atoms with Crippen molar-refractivity contribution in [1.29, 1.82) is 0 Å². The van der Waals surface area contributed by atoms with Gasteiger partial charge in [-0.15, -0.1) is 0 Å². The molecule has 1 saturated heterocycles. The van der Waals surface area contributed by atoms with E-state index in [4.69, 9.17) is 0 Å². The highest BCUT2D eigenvalue weighted by atomic mass is 19.4. The number of halogens is 4. The maximum absolute atomic E-state index is 13.8. The van der Waals surface area contributed by atoms with Crippen LogP contribution in [0.1, 0.15) is 56.9 Å². The Morgan fingerprint density at radius 1 is 0.935 bits per heavy atom.